The maximum atomic E-state index is 12.4. The van der Waals surface area contributed by atoms with E-state index in [1.165, 1.54) is 58.0 Å². The van der Waals surface area contributed by atoms with Crippen molar-refractivity contribution in [2.75, 3.05) is 20.8 Å². The maximum absolute atomic E-state index is 12.4. The zero-order chi connectivity index (χ0) is 27.6. The van der Waals surface area contributed by atoms with E-state index in [2.05, 4.69) is 10.3 Å². The average molecular weight is 531 g/mol. The number of hydrogen-bond acceptors (Lipinski definition) is 13. The Morgan fingerprint density at radius 2 is 1.63 bits per heavy atom. The monoisotopic (exact) mass is 531 g/mol. The number of fused-ring (bicyclic) bond motifs is 1. The number of hydrogen-bond donors (Lipinski definition) is 0. The summed E-state index contributed by atoms with van der Waals surface area (Å²) in [4.78, 5) is 47.7. The molecule has 1 fully saturated rings. The van der Waals surface area contributed by atoms with Crippen LogP contribution in [-0.4, -0.2) is 72.0 Å². The number of methoxy groups -OCH3 is 2. The predicted molar refractivity (Wildman–Crippen MR) is 126 cm³/mol. The third kappa shape index (κ3) is 5.44. The van der Waals surface area contributed by atoms with Crippen LogP contribution < -0.4 is 15.1 Å². The second-order valence-electron chi connectivity index (χ2n) is 8.29. The molecule has 4 rings (SSSR count). The highest BCUT2D eigenvalue weighted by Gasteiger charge is 2.48. The molecule has 0 aliphatic carbocycles. The van der Waals surface area contributed by atoms with Gasteiger partial charge in [0.05, 0.1) is 32.4 Å². The second-order valence-corrected chi connectivity index (χ2v) is 8.29. The van der Waals surface area contributed by atoms with Crippen LogP contribution in [0.4, 0.5) is 0 Å². The summed E-state index contributed by atoms with van der Waals surface area (Å²) in [5.41, 5.74) is 0.131. The highest BCUT2D eigenvalue weighted by atomic mass is 16.6. The van der Waals surface area contributed by atoms with Crippen LogP contribution >= 0.6 is 0 Å². The first kappa shape index (κ1) is 26.6. The van der Waals surface area contributed by atoms with Gasteiger partial charge in [-0.15, -0.1) is 5.10 Å². The second kappa shape index (κ2) is 10.9. The minimum atomic E-state index is -1.25. The van der Waals surface area contributed by atoms with Crippen molar-refractivity contribution in [2.24, 2.45) is 0 Å². The molecule has 3 aromatic rings. The van der Waals surface area contributed by atoms with Gasteiger partial charge in [-0.2, -0.15) is 0 Å². The summed E-state index contributed by atoms with van der Waals surface area (Å²) in [5.74, 6) is -1.25. The summed E-state index contributed by atoms with van der Waals surface area (Å²) < 4.78 is 39.2. The fraction of sp³-hybridized carbons (Fsp3) is 0.417. The van der Waals surface area contributed by atoms with Gasteiger partial charge in [-0.25, -0.2) is 9.48 Å². The lowest BCUT2D eigenvalue weighted by molar-refractivity contribution is -0.241. The van der Waals surface area contributed by atoms with Gasteiger partial charge >= 0.3 is 23.5 Å². The Kier molecular flexibility index (Phi) is 7.62. The Hall–Kier alpha value is -4.46. The quantitative estimate of drug-likeness (QED) is 0.244. The Balaban J connectivity index is 1.78. The summed E-state index contributed by atoms with van der Waals surface area (Å²) in [7, 11) is 2.92. The highest BCUT2D eigenvalue weighted by Crippen LogP contribution is 2.37. The number of aromatic nitrogens is 3. The van der Waals surface area contributed by atoms with E-state index in [9.17, 15) is 19.2 Å². The summed E-state index contributed by atoms with van der Waals surface area (Å²) in [6.07, 6.45) is -3.15. The maximum Gasteiger partial charge on any atom is 0.336 e. The molecule has 38 heavy (non-hydrogen) atoms. The highest BCUT2D eigenvalue weighted by molar-refractivity contribution is 5.97. The van der Waals surface area contributed by atoms with Crippen LogP contribution in [0.2, 0.25) is 0 Å². The van der Waals surface area contributed by atoms with Crippen LogP contribution in [0.5, 0.6) is 11.5 Å². The molecule has 0 spiro atoms. The van der Waals surface area contributed by atoms with Crippen molar-refractivity contribution in [3.05, 3.63) is 34.8 Å². The topological polar surface area (TPSA) is 168 Å². The van der Waals surface area contributed by atoms with E-state index in [-0.39, 0.29) is 17.9 Å². The largest absolute Gasteiger partial charge is 0.496 e. The summed E-state index contributed by atoms with van der Waals surface area (Å²) in [5, 5.41) is 8.71. The molecule has 0 N–H and O–H groups in total. The van der Waals surface area contributed by atoms with Gasteiger partial charge in [0.1, 0.15) is 22.8 Å². The molecule has 4 atom stereocenters. The standard InChI is InChI=1S/C24H25N3O11/c1-11(28)35-19-10-34-24(23(37-13(3)30)22(19)36-12(2)29)27-9-16(25-26-27)15-8-20(31)38-18-7-14(32-4)6-17(33-5)21(15)18/h6-9,19,22-24H,10H2,1-5H3/t19-,22+,23-,24-/m1/s1. The number of nitrogens with zero attached hydrogens (tertiary/aromatic N) is 3. The number of ether oxygens (including phenoxy) is 6. The van der Waals surface area contributed by atoms with Crippen molar-refractivity contribution in [1.29, 1.82) is 0 Å². The lowest BCUT2D eigenvalue weighted by Crippen LogP contribution is -2.55. The molecule has 2 aromatic heterocycles. The molecule has 0 unspecified atom stereocenters. The van der Waals surface area contributed by atoms with Crippen molar-refractivity contribution < 1.29 is 47.2 Å². The number of carbonyl (C=O) groups excluding carboxylic acids is 3. The van der Waals surface area contributed by atoms with E-state index in [0.29, 0.717) is 22.4 Å². The average Bonchev–Trinajstić information content (AvgIpc) is 3.33. The van der Waals surface area contributed by atoms with Crippen molar-refractivity contribution in [2.45, 2.75) is 45.3 Å². The smallest absolute Gasteiger partial charge is 0.336 e. The summed E-state index contributed by atoms with van der Waals surface area (Å²) in [6, 6.07) is 4.39. The first-order chi connectivity index (χ1) is 18.1. The molecule has 0 amide bonds. The van der Waals surface area contributed by atoms with Crippen LogP contribution in [0.25, 0.3) is 22.2 Å². The molecule has 0 saturated carbocycles. The Bertz CT molecular complexity index is 1430. The molecule has 0 radical (unpaired) electrons. The molecule has 1 aromatic carbocycles. The Morgan fingerprint density at radius 3 is 2.26 bits per heavy atom. The molecule has 1 saturated heterocycles. The minimum absolute atomic E-state index is 0.194. The van der Waals surface area contributed by atoms with Gasteiger partial charge < -0.3 is 32.8 Å². The first-order valence-corrected chi connectivity index (χ1v) is 11.4. The van der Waals surface area contributed by atoms with E-state index in [0.717, 1.165) is 0 Å². The third-order valence-corrected chi connectivity index (χ3v) is 5.61. The van der Waals surface area contributed by atoms with Gasteiger partial charge in [0.2, 0.25) is 0 Å². The van der Waals surface area contributed by atoms with Gasteiger partial charge in [0, 0.05) is 44.5 Å². The van der Waals surface area contributed by atoms with E-state index in [1.54, 1.807) is 6.07 Å². The number of rotatable bonds is 7. The molecular weight excluding hydrogens is 506 g/mol. The predicted octanol–water partition coefficient (Wildman–Crippen LogP) is 1.39. The number of esters is 3. The summed E-state index contributed by atoms with van der Waals surface area (Å²) in [6.45, 7) is 3.33. The summed E-state index contributed by atoms with van der Waals surface area (Å²) >= 11 is 0. The van der Waals surface area contributed by atoms with Gasteiger partial charge in [0.15, 0.2) is 24.5 Å². The molecule has 14 nitrogen and oxygen atoms in total. The fourth-order valence-electron chi connectivity index (χ4n) is 4.19. The number of carbonyl (C=O) groups is 3. The molecule has 0 bridgehead atoms. The molecule has 1 aliphatic rings. The lowest BCUT2D eigenvalue weighted by atomic mass is 10.0. The zero-order valence-electron chi connectivity index (χ0n) is 21.2. The van der Waals surface area contributed by atoms with E-state index in [1.807, 2.05) is 0 Å². The van der Waals surface area contributed by atoms with Crippen LogP contribution in [0.1, 0.15) is 27.0 Å². The van der Waals surface area contributed by atoms with Gasteiger partial charge in [0.25, 0.3) is 0 Å². The first-order valence-electron chi connectivity index (χ1n) is 11.4. The SMILES string of the molecule is COc1cc(OC)c2c(-c3cn([C@@H]4OC[C@@H](OC(C)=O)[C@H](OC(C)=O)[C@H]4OC(C)=O)nn3)cc(=O)oc2c1. The van der Waals surface area contributed by atoms with Crippen molar-refractivity contribution >= 4 is 28.9 Å². The number of benzene rings is 1. The minimum Gasteiger partial charge on any atom is -0.496 e. The lowest BCUT2D eigenvalue weighted by Gasteiger charge is -2.40. The van der Waals surface area contributed by atoms with Crippen LogP contribution in [0, 0.1) is 0 Å². The van der Waals surface area contributed by atoms with Crippen LogP contribution in [-0.2, 0) is 33.3 Å². The molecule has 202 valence electrons. The van der Waals surface area contributed by atoms with Gasteiger partial charge in [-0.05, 0) is 0 Å². The van der Waals surface area contributed by atoms with Crippen LogP contribution in [0.3, 0.4) is 0 Å². The molecule has 1 aliphatic heterocycles. The van der Waals surface area contributed by atoms with Crippen molar-refractivity contribution in [3.63, 3.8) is 0 Å². The Morgan fingerprint density at radius 1 is 0.947 bits per heavy atom. The van der Waals surface area contributed by atoms with E-state index >= 15 is 0 Å². The molecule has 14 heteroatoms. The Labute approximate surface area is 215 Å². The van der Waals surface area contributed by atoms with Crippen LogP contribution in [0.15, 0.2) is 33.6 Å². The van der Waals surface area contributed by atoms with E-state index < -0.39 is 48.1 Å². The van der Waals surface area contributed by atoms with Crippen molar-refractivity contribution in [1.82, 2.24) is 15.0 Å². The molecule has 3 heterocycles. The fourth-order valence-corrected chi connectivity index (χ4v) is 4.19. The molecular formula is C24H25N3O11. The van der Waals surface area contributed by atoms with Gasteiger partial charge in [-0.3, -0.25) is 14.4 Å². The third-order valence-electron chi connectivity index (χ3n) is 5.61. The normalized spacial score (nSPS) is 21.0. The van der Waals surface area contributed by atoms with Gasteiger partial charge in [-0.1, -0.05) is 5.21 Å². The van der Waals surface area contributed by atoms with E-state index in [4.69, 9.17) is 32.8 Å². The van der Waals surface area contributed by atoms with Crippen molar-refractivity contribution in [3.8, 4) is 22.8 Å². The zero-order valence-corrected chi connectivity index (χ0v) is 21.2.